The largest absolute Gasteiger partial charge is 0.480 e. The van der Waals surface area contributed by atoms with Gasteiger partial charge >= 0.3 is 11.9 Å². The van der Waals surface area contributed by atoms with Gasteiger partial charge in [-0.1, -0.05) is 96.6 Å². The fraction of sp³-hybridized carbons (Fsp3) is 0.853. The number of carboxylic acids is 1. The van der Waals surface area contributed by atoms with E-state index in [1.54, 1.807) is 0 Å². The summed E-state index contributed by atoms with van der Waals surface area (Å²) in [6, 6.07) is -0.870. The van der Waals surface area contributed by atoms with E-state index in [-0.39, 0.29) is 18.0 Å². The van der Waals surface area contributed by atoms with E-state index in [1.807, 2.05) is 0 Å². The molecule has 7 heteroatoms. The van der Waals surface area contributed by atoms with Crippen LogP contribution in [-0.2, 0) is 19.1 Å². The van der Waals surface area contributed by atoms with Crippen molar-refractivity contribution in [3.8, 4) is 0 Å². The van der Waals surface area contributed by atoms with Crippen LogP contribution in [0.25, 0.3) is 0 Å². The van der Waals surface area contributed by atoms with Crippen LogP contribution >= 0.6 is 0 Å². The molecule has 7 nitrogen and oxygen atoms in total. The predicted molar refractivity (Wildman–Crippen MR) is 170 cm³/mol. The molecule has 1 amide bonds. The van der Waals surface area contributed by atoms with E-state index in [2.05, 4.69) is 31.3 Å². The van der Waals surface area contributed by atoms with Crippen molar-refractivity contribution in [3.63, 3.8) is 0 Å². The molecule has 0 rings (SSSR count). The van der Waals surface area contributed by atoms with Crippen LogP contribution in [0.15, 0.2) is 12.2 Å². The first-order chi connectivity index (χ1) is 19.9. The molecule has 0 aliphatic carbocycles. The molecule has 0 heterocycles. The number of aliphatic carboxylic acids is 1. The lowest BCUT2D eigenvalue weighted by molar-refractivity contribution is -0.150. The molecule has 0 saturated heterocycles. The van der Waals surface area contributed by atoms with E-state index < -0.39 is 12.0 Å². The van der Waals surface area contributed by atoms with Crippen molar-refractivity contribution >= 4 is 17.8 Å². The van der Waals surface area contributed by atoms with Gasteiger partial charge in [0.1, 0.15) is 12.1 Å². The lowest BCUT2D eigenvalue weighted by Crippen LogP contribution is -2.40. The van der Waals surface area contributed by atoms with Crippen molar-refractivity contribution in [1.29, 1.82) is 0 Å². The minimum Gasteiger partial charge on any atom is -0.480 e. The molecule has 0 fully saturated rings. The summed E-state index contributed by atoms with van der Waals surface area (Å²) in [6.07, 6.45) is 28.7. The summed E-state index contributed by atoms with van der Waals surface area (Å²) in [5, 5.41) is 11.8. The van der Waals surface area contributed by atoms with Gasteiger partial charge in [-0.15, -0.1) is 0 Å². The maximum absolute atomic E-state index is 12.4. The van der Waals surface area contributed by atoms with Gasteiger partial charge in [0.25, 0.3) is 0 Å². The predicted octanol–water partition coefficient (Wildman–Crippen LogP) is 8.38. The van der Waals surface area contributed by atoms with Crippen LogP contribution in [0.1, 0.15) is 168 Å². The number of allylic oxidation sites excluding steroid dienone is 2. The number of rotatable bonds is 30. The number of hydrogen-bond acceptors (Lipinski definition) is 5. The molecule has 4 N–H and O–H groups in total. The molecule has 2 atom stereocenters. The average Bonchev–Trinajstić information content (AvgIpc) is 2.95. The van der Waals surface area contributed by atoms with Gasteiger partial charge in [-0.05, 0) is 77.2 Å². The van der Waals surface area contributed by atoms with Crippen LogP contribution in [0.3, 0.4) is 0 Å². The van der Waals surface area contributed by atoms with Gasteiger partial charge in [0, 0.05) is 12.8 Å². The lowest BCUT2D eigenvalue weighted by Gasteiger charge is -2.18. The molecule has 0 saturated carbocycles. The van der Waals surface area contributed by atoms with Gasteiger partial charge in [0.2, 0.25) is 5.91 Å². The van der Waals surface area contributed by atoms with Gasteiger partial charge in [-0.2, -0.15) is 0 Å². The summed E-state index contributed by atoms with van der Waals surface area (Å²) < 4.78 is 5.81. The average molecular weight is 581 g/mol. The second-order valence-corrected chi connectivity index (χ2v) is 11.6. The molecule has 2 unspecified atom stereocenters. The Morgan fingerprint density at radius 2 is 1.22 bits per heavy atom. The molecule has 0 aromatic heterocycles. The number of carboxylic acid groups (broad SMARTS) is 1. The second-order valence-electron chi connectivity index (χ2n) is 11.6. The Labute approximate surface area is 251 Å². The smallest absolute Gasteiger partial charge is 0.326 e. The van der Waals surface area contributed by atoms with Crippen molar-refractivity contribution in [2.24, 2.45) is 5.73 Å². The van der Waals surface area contributed by atoms with Crippen molar-refractivity contribution < 1.29 is 24.2 Å². The Balaban J connectivity index is 3.93. The van der Waals surface area contributed by atoms with E-state index in [1.165, 1.54) is 70.6 Å². The van der Waals surface area contributed by atoms with Gasteiger partial charge in [-0.3, -0.25) is 9.59 Å². The summed E-state index contributed by atoms with van der Waals surface area (Å²) in [4.78, 5) is 35.8. The van der Waals surface area contributed by atoms with Gasteiger partial charge in [-0.25, -0.2) is 4.79 Å². The van der Waals surface area contributed by atoms with Crippen LogP contribution < -0.4 is 11.1 Å². The fourth-order valence-electron chi connectivity index (χ4n) is 4.96. The van der Waals surface area contributed by atoms with Crippen LogP contribution in [0, 0.1) is 0 Å². The third-order valence-corrected chi connectivity index (χ3v) is 7.58. The maximum Gasteiger partial charge on any atom is 0.326 e. The summed E-state index contributed by atoms with van der Waals surface area (Å²) in [7, 11) is 0. The lowest BCUT2D eigenvalue weighted by atomic mass is 10.0. The number of carbonyl (C=O) groups is 3. The van der Waals surface area contributed by atoms with E-state index >= 15 is 0 Å². The van der Waals surface area contributed by atoms with Gasteiger partial charge < -0.3 is 20.9 Å². The third-order valence-electron chi connectivity index (χ3n) is 7.58. The standard InChI is InChI=1S/C34H64N2O5/c1-3-5-7-8-9-10-11-12-13-14-15-16-17-18-22-28-33(38)41-30(24-6-4-2)25-20-19-21-27-32(37)36-31(34(39)40)26-23-29-35/h12-13,30-31H,3-11,14-29,35H2,1-2H3,(H,36,37)(H,39,40)/b13-12-. The number of unbranched alkanes of at least 4 members (excludes halogenated alkanes) is 14. The Morgan fingerprint density at radius 1 is 0.683 bits per heavy atom. The summed E-state index contributed by atoms with van der Waals surface area (Å²) in [5.74, 6) is -1.34. The topological polar surface area (TPSA) is 119 Å². The minimum absolute atomic E-state index is 0.0490. The fourth-order valence-corrected chi connectivity index (χ4v) is 4.96. The van der Waals surface area contributed by atoms with E-state index in [0.29, 0.717) is 38.6 Å². The third kappa shape index (κ3) is 26.7. The van der Waals surface area contributed by atoms with Gasteiger partial charge in [0.05, 0.1) is 0 Å². The highest BCUT2D eigenvalue weighted by Crippen LogP contribution is 2.17. The molecule has 41 heavy (non-hydrogen) atoms. The summed E-state index contributed by atoms with van der Waals surface area (Å²) >= 11 is 0. The minimum atomic E-state index is -1.02. The van der Waals surface area contributed by atoms with Crippen molar-refractivity contribution in [2.75, 3.05) is 6.54 Å². The Kier molecular flexibility index (Phi) is 28.2. The van der Waals surface area contributed by atoms with E-state index in [4.69, 9.17) is 10.5 Å². The second kappa shape index (κ2) is 29.6. The number of amides is 1. The highest BCUT2D eigenvalue weighted by atomic mass is 16.5. The number of nitrogens with two attached hydrogens (primary N) is 1. The number of ether oxygens (including phenoxy) is 1. The Morgan fingerprint density at radius 3 is 1.83 bits per heavy atom. The molecule has 0 aromatic rings. The number of hydrogen-bond donors (Lipinski definition) is 3. The molecule has 240 valence electrons. The highest BCUT2D eigenvalue weighted by molar-refractivity contribution is 5.83. The molecular formula is C34H64N2O5. The van der Waals surface area contributed by atoms with Crippen molar-refractivity contribution in [3.05, 3.63) is 12.2 Å². The van der Waals surface area contributed by atoms with Crippen LogP contribution in [0.5, 0.6) is 0 Å². The number of esters is 1. The Hall–Kier alpha value is -1.89. The van der Waals surface area contributed by atoms with Gasteiger partial charge in [0.15, 0.2) is 0 Å². The molecule has 0 aliphatic rings. The van der Waals surface area contributed by atoms with Crippen LogP contribution in [0.2, 0.25) is 0 Å². The first-order valence-electron chi connectivity index (χ1n) is 17.0. The number of carbonyl (C=O) groups excluding carboxylic acids is 2. The SMILES string of the molecule is CCCCCCCC/C=C\CCCCCCCC(=O)OC(CCCC)CCCCCC(=O)NC(CCCN)C(=O)O. The monoisotopic (exact) mass is 580 g/mol. The zero-order valence-electron chi connectivity index (χ0n) is 26.6. The van der Waals surface area contributed by atoms with E-state index in [9.17, 15) is 19.5 Å². The zero-order valence-corrected chi connectivity index (χ0v) is 26.6. The first kappa shape index (κ1) is 39.1. The molecule has 0 aromatic carbocycles. The van der Waals surface area contributed by atoms with Crippen molar-refractivity contribution in [2.45, 2.75) is 180 Å². The first-order valence-corrected chi connectivity index (χ1v) is 17.0. The quantitative estimate of drug-likeness (QED) is 0.0446. The van der Waals surface area contributed by atoms with Crippen molar-refractivity contribution in [1.82, 2.24) is 5.32 Å². The summed E-state index contributed by atoms with van der Waals surface area (Å²) in [6.45, 7) is 4.80. The highest BCUT2D eigenvalue weighted by Gasteiger charge is 2.19. The Bertz CT molecular complexity index is 668. The van der Waals surface area contributed by atoms with Crippen LogP contribution in [0.4, 0.5) is 0 Å². The maximum atomic E-state index is 12.4. The number of nitrogens with one attached hydrogen (secondary N) is 1. The van der Waals surface area contributed by atoms with Crippen LogP contribution in [-0.4, -0.2) is 41.6 Å². The summed E-state index contributed by atoms with van der Waals surface area (Å²) in [5.41, 5.74) is 5.44. The molecule has 0 aliphatic heterocycles. The zero-order chi connectivity index (χ0) is 30.4. The van der Waals surface area contributed by atoms with E-state index in [0.717, 1.165) is 51.4 Å². The molecular weight excluding hydrogens is 516 g/mol. The normalized spacial score (nSPS) is 12.9. The molecule has 0 radical (unpaired) electrons. The molecule has 0 bridgehead atoms. The molecule has 0 spiro atoms.